The molecule has 0 radical (unpaired) electrons. The molecule has 5 aromatic carbocycles. The van der Waals surface area contributed by atoms with Gasteiger partial charge in [-0.3, -0.25) is 0 Å². The van der Waals surface area contributed by atoms with E-state index in [9.17, 15) is 0 Å². The van der Waals surface area contributed by atoms with Gasteiger partial charge in [-0.15, -0.1) is 0 Å². The van der Waals surface area contributed by atoms with Gasteiger partial charge in [-0.25, -0.2) is 0 Å². The van der Waals surface area contributed by atoms with Gasteiger partial charge in [0.15, 0.2) is 0 Å². The second-order valence-corrected chi connectivity index (χ2v) is 22.6. The van der Waals surface area contributed by atoms with Gasteiger partial charge >= 0.3 is 0 Å². The van der Waals surface area contributed by atoms with Gasteiger partial charge in [0, 0.05) is 11.0 Å². The average Bonchev–Trinajstić information content (AvgIpc) is 3.83. The first kappa shape index (κ1) is 34.9. The van der Waals surface area contributed by atoms with E-state index in [1.807, 2.05) is 0 Å². The third kappa shape index (κ3) is 4.13. The molecule has 0 aromatic heterocycles. The quantitative estimate of drug-likeness (QED) is 0.177. The van der Waals surface area contributed by atoms with E-state index in [0.717, 1.165) is 23.7 Å². The largest absolute Gasteiger partial charge is 0.309 e. The van der Waals surface area contributed by atoms with Gasteiger partial charge < -0.3 is 4.90 Å². The topological polar surface area (TPSA) is 3.24 Å². The van der Waals surface area contributed by atoms with E-state index in [0.29, 0.717) is 5.41 Å². The van der Waals surface area contributed by atoms with Crippen LogP contribution in [0.1, 0.15) is 140 Å². The Balaban J connectivity index is 1.20. The zero-order valence-electron chi connectivity index (χ0n) is 35.7. The van der Waals surface area contributed by atoms with Crippen LogP contribution in [-0.4, -0.2) is 0 Å². The normalized spacial score (nSPS) is 31.6. The highest BCUT2D eigenvalue weighted by atomic mass is 15.2. The molecule has 4 fully saturated rings. The fraction of sp³-hybridized carbons (Fsp3) is 0.464. The minimum Gasteiger partial charge on any atom is -0.309 e. The summed E-state index contributed by atoms with van der Waals surface area (Å²) in [7, 11) is 0. The molecule has 1 nitrogen and oxygen atoms in total. The smallest absolute Gasteiger partial charge is 0.0543 e. The molecule has 57 heavy (non-hydrogen) atoms. The molecular weight excluding hydrogens is 687 g/mol. The molecule has 2 bridgehead atoms. The van der Waals surface area contributed by atoms with Crippen molar-refractivity contribution in [3.63, 3.8) is 0 Å². The van der Waals surface area contributed by atoms with Crippen molar-refractivity contribution in [2.75, 3.05) is 4.90 Å². The Morgan fingerprint density at radius 3 is 1.60 bits per heavy atom. The van der Waals surface area contributed by atoms with Gasteiger partial charge in [-0.05, 0) is 170 Å². The molecule has 7 aliphatic carbocycles. The van der Waals surface area contributed by atoms with Crippen LogP contribution in [0.3, 0.4) is 0 Å². The van der Waals surface area contributed by atoms with Crippen molar-refractivity contribution in [3.8, 4) is 22.3 Å². The van der Waals surface area contributed by atoms with Crippen LogP contribution in [0.25, 0.3) is 22.3 Å². The second kappa shape index (κ2) is 10.9. The summed E-state index contributed by atoms with van der Waals surface area (Å²) in [4.78, 5) is 2.83. The van der Waals surface area contributed by atoms with Crippen molar-refractivity contribution in [3.05, 3.63) is 137 Å². The molecule has 6 atom stereocenters. The molecule has 1 heteroatoms. The first-order valence-corrected chi connectivity index (χ1v) is 22.6. The maximum Gasteiger partial charge on any atom is 0.0543 e. The minimum atomic E-state index is 0.0469. The average molecular weight is 748 g/mol. The van der Waals surface area contributed by atoms with Crippen LogP contribution in [0.2, 0.25) is 0 Å². The highest BCUT2D eigenvalue weighted by Gasteiger charge is 2.85. The maximum absolute atomic E-state index is 2.83. The van der Waals surface area contributed by atoms with Crippen molar-refractivity contribution < 1.29 is 0 Å². The summed E-state index contributed by atoms with van der Waals surface area (Å²) in [5.74, 6) is 3.36. The summed E-state index contributed by atoms with van der Waals surface area (Å²) in [5.41, 5.74) is 20.5. The number of benzene rings is 5. The summed E-state index contributed by atoms with van der Waals surface area (Å²) in [6, 6.07) is 41.1. The van der Waals surface area contributed by atoms with Crippen LogP contribution < -0.4 is 4.90 Å². The third-order valence-corrected chi connectivity index (χ3v) is 18.2. The summed E-state index contributed by atoms with van der Waals surface area (Å²) in [6.07, 6.45) is 10.6. The molecule has 7 aliphatic rings. The SMILES string of the molecule is CC1(C)CCC(C)(C)c2c(N(c3cccc4c3-c3cccc(-c5ccccc5)c3C43C4CC5CC6CC3C64C5)c3cccc4c3C(C)(C)CCC4(C)C)cccc21. The standard InChI is InChI=1S/C56H61N/c1-51(2)26-28-53(5,6)49-40(51)21-14-24-43(49)57(44-25-15-22-41-50(44)54(7,8)29-27-52(41,3)4)42-23-13-20-39-47(42)38-19-12-18-37(35-16-10-9-11-17-35)48(38)56(39)45-31-34-30-36-32-46(56)55(36,45)33-34/h9-25,34,36,45-46H,26-33H2,1-8H3. The number of fused-ring (bicyclic) bond motifs is 10. The van der Waals surface area contributed by atoms with Crippen LogP contribution in [-0.2, 0) is 27.1 Å². The van der Waals surface area contributed by atoms with Gasteiger partial charge in [-0.1, -0.05) is 140 Å². The first-order valence-electron chi connectivity index (χ1n) is 22.6. The van der Waals surface area contributed by atoms with Crippen LogP contribution in [0.4, 0.5) is 17.1 Å². The zero-order chi connectivity index (χ0) is 39.1. The molecule has 0 saturated heterocycles. The number of hydrogen-bond donors (Lipinski definition) is 0. The van der Waals surface area contributed by atoms with Gasteiger partial charge in [-0.2, -0.15) is 0 Å². The highest BCUT2D eigenvalue weighted by molar-refractivity contribution is 6.00. The zero-order valence-corrected chi connectivity index (χ0v) is 35.7. The second-order valence-electron chi connectivity index (χ2n) is 22.6. The van der Waals surface area contributed by atoms with Crippen LogP contribution in [0.5, 0.6) is 0 Å². The fourth-order valence-electron chi connectivity index (χ4n) is 15.7. The highest BCUT2D eigenvalue weighted by Crippen LogP contribution is 2.90. The van der Waals surface area contributed by atoms with Crippen LogP contribution in [0, 0.1) is 29.1 Å². The van der Waals surface area contributed by atoms with E-state index in [-0.39, 0.29) is 27.1 Å². The Kier molecular flexibility index (Phi) is 6.69. The molecule has 0 aliphatic heterocycles. The molecule has 290 valence electrons. The van der Waals surface area contributed by atoms with E-state index >= 15 is 0 Å². The fourth-order valence-corrected chi connectivity index (χ4v) is 15.7. The van der Waals surface area contributed by atoms with Gasteiger partial charge in [0.2, 0.25) is 0 Å². The van der Waals surface area contributed by atoms with E-state index in [1.165, 1.54) is 102 Å². The lowest BCUT2D eigenvalue weighted by molar-refractivity contribution is -0.231. The minimum absolute atomic E-state index is 0.0469. The molecular formula is C56H61N. The van der Waals surface area contributed by atoms with Gasteiger partial charge in [0.25, 0.3) is 0 Å². The van der Waals surface area contributed by atoms with Crippen molar-refractivity contribution in [2.24, 2.45) is 29.1 Å². The molecule has 12 rings (SSSR count). The maximum atomic E-state index is 2.83. The summed E-state index contributed by atoms with van der Waals surface area (Å²) in [5, 5.41) is 0. The number of nitrogens with zero attached hydrogens (tertiary/aromatic N) is 1. The summed E-state index contributed by atoms with van der Waals surface area (Å²) >= 11 is 0. The lowest BCUT2D eigenvalue weighted by atomic mass is 9.26. The predicted molar refractivity (Wildman–Crippen MR) is 238 cm³/mol. The van der Waals surface area contributed by atoms with Crippen LogP contribution >= 0.6 is 0 Å². The van der Waals surface area contributed by atoms with E-state index in [4.69, 9.17) is 0 Å². The predicted octanol–water partition coefficient (Wildman–Crippen LogP) is 14.9. The molecule has 0 heterocycles. The van der Waals surface area contributed by atoms with Gasteiger partial charge in [0.1, 0.15) is 0 Å². The molecule has 2 spiro atoms. The summed E-state index contributed by atoms with van der Waals surface area (Å²) < 4.78 is 0. The van der Waals surface area contributed by atoms with Crippen molar-refractivity contribution in [1.82, 2.24) is 0 Å². The van der Waals surface area contributed by atoms with Crippen LogP contribution in [0.15, 0.2) is 103 Å². The molecule has 5 aromatic rings. The van der Waals surface area contributed by atoms with Crippen molar-refractivity contribution in [1.29, 1.82) is 0 Å². The van der Waals surface area contributed by atoms with E-state index in [2.05, 4.69) is 163 Å². The molecule has 0 N–H and O–H groups in total. The summed E-state index contributed by atoms with van der Waals surface area (Å²) in [6.45, 7) is 20.1. The molecule has 4 saturated carbocycles. The van der Waals surface area contributed by atoms with E-state index < -0.39 is 0 Å². The number of rotatable bonds is 4. The number of hydrogen-bond acceptors (Lipinski definition) is 1. The van der Waals surface area contributed by atoms with Gasteiger partial charge in [0.05, 0.1) is 17.1 Å². The number of anilines is 3. The van der Waals surface area contributed by atoms with E-state index in [1.54, 1.807) is 22.3 Å². The molecule has 0 amide bonds. The first-order chi connectivity index (χ1) is 27.2. The molecule has 6 unspecified atom stereocenters. The Morgan fingerprint density at radius 2 is 0.982 bits per heavy atom. The lowest BCUT2D eigenvalue weighted by Crippen LogP contribution is -2.73. The lowest BCUT2D eigenvalue weighted by Gasteiger charge is -2.76. The van der Waals surface area contributed by atoms with Crippen molar-refractivity contribution in [2.45, 2.75) is 134 Å². The Hall–Kier alpha value is -4.10. The van der Waals surface area contributed by atoms with Crippen molar-refractivity contribution >= 4 is 17.1 Å². The Labute approximate surface area is 342 Å². The Bertz CT molecular complexity index is 2450. The monoisotopic (exact) mass is 747 g/mol. The Morgan fingerprint density at radius 1 is 0.456 bits per heavy atom. The third-order valence-electron chi connectivity index (χ3n) is 18.2.